The Hall–Kier alpha value is -3.28. The minimum absolute atomic E-state index is 0.573. The molecule has 3 aromatic carbocycles. The van der Waals surface area contributed by atoms with Crippen molar-refractivity contribution in [2.45, 2.75) is 64.9 Å². The van der Waals surface area contributed by atoms with Crippen LogP contribution in [0.5, 0.6) is 11.5 Å². The molecule has 7 heteroatoms. The lowest BCUT2D eigenvalue weighted by atomic mass is 9.74. The number of nitrogens with zero attached hydrogens (tertiary/aromatic N) is 2. The van der Waals surface area contributed by atoms with Gasteiger partial charge in [-0.05, 0) is 93.7 Å². The molecule has 0 saturated heterocycles. The second kappa shape index (κ2) is 11.0. The first-order valence-electron chi connectivity index (χ1n) is 15.9. The molecule has 4 aliphatic rings. The number of hydrogen-bond donors (Lipinski definition) is 1. The van der Waals surface area contributed by atoms with Crippen molar-refractivity contribution in [1.82, 2.24) is 5.32 Å². The molecule has 0 radical (unpaired) electrons. The van der Waals surface area contributed by atoms with E-state index in [0.29, 0.717) is 15.8 Å². The van der Waals surface area contributed by atoms with Crippen LogP contribution in [-0.4, -0.2) is 33.2 Å². The van der Waals surface area contributed by atoms with Gasteiger partial charge in [-0.1, -0.05) is 36.4 Å². The van der Waals surface area contributed by atoms with Gasteiger partial charge in [-0.15, -0.1) is 0 Å². The molecule has 44 heavy (non-hydrogen) atoms. The highest BCUT2D eigenvalue weighted by molar-refractivity contribution is 6.38. The van der Waals surface area contributed by atoms with Crippen molar-refractivity contribution in [3.8, 4) is 11.5 Å². The molecular weight excluding hydrogens is 589 g/mol. The van der Waals surface area contributed by atoms with Crippen LogP contribution in [-0.2, 0) is 23.2 Å². The third-order valence-corrected chi connectivity index (χ3v) is 11.2. The first-order valence-corrected chi connectivity index (χ1v) is 16.7. The summed E-state index contributed by atoms with van der Waals surface area (Å²) in [5.41, 5.74) is 10.9. The molecule has 1 N–H and O–H groups in total. The number of benzene rings is 3. The van der Waals surface area contributed by atoms with Crippen LogP contribution in [0.2, 0.25) is 10.0 Å². The number of aryl methyl sites for hydroxylation is 2. The van der Waals surface area contributed by atoms with E-state index in [0.717, 1.165) is 115 Å². The van der Waals surface area contributed by atoms with Gasteiger partial charge in [-0.25, -0.2) is 0 Å². The van der Waals surface area contributed by atoms with Gasteiger partial charge in [-0.3, -0.25) is 0 Å². The lowest BCUT2D eigenvalue weighted by molar-refractivity contribution is 0.125. The van der Waals surface area contributed by atoms with E-state index in [1.165, 1.54) is 22.5 Å². The fraction of sp³-hybridized carbons (Fsp3) is 0.405. The maximum Gasteiger partial charge on any atom is 0.192 e. The Kier molecular flexibility index (Phi) is 7.33. The zero-order chi connectivity index (χ0) is 30.9. The maximum atomic E-state index is 7.09. The van der Waals surface area contributed by atoms with E-state index < -0.39 is 5.60 Å². The summed E-state index contributed by atoms with van der Waals surface area (Å²) in [5, 5.41) is 4.46. The molecule has 1 atom stereocenters. The average molecular weight is 631 g/mol. The molecule has 4 heterocycles. The number of allylic oxidation sites excluding steroid dienone is 1. The molecule has 0 amide bonds. The minimum Gasteiger partial charge on any atom is -0.473 e. The Labute approximate surface area is 271 Å². The highest BCUT2D eigenvalue weighted by Crippen LogP contribution is 2.63. The Morgan fingerprint density at radius 1 is 0.932 bits per heavy atom. The van der Waals surface area contributed by atoms with Gasteiger partial charge in [0.2, 0.25) is 0 Å². The van der Waals surface area contributed by atoms with Crippen LogP contribution in [0.15, 0.2) is 43.1 Å². The molecule has 0 fully saturated rings. The van der Waals surface area contributed by atoms with Crippen LogP contribution in [0, 0.1) is 13.8 Å². The van der Waals surface area contributed by atoms with Crippen LogP contribution in [0.1, 0.15) is 77.1 Å². The lowest BCUT2D eigenvalue weighted by Gasteiger charge is -2.41. The average Bonchev–Trinajstić information content (AvgIpc) is 3.34. The van der Waals surface area contributed by atoms with Crippen molar-refractivity contribution in [1.29, 1.82) is 0 Å². The molecule has 5 nitrogen and oxygen atoms in total. The predicted octanol–water partition coefficient (Wildman–Crippen LogP) is 9.05. The number of fused-ring (bicyclic) bond motifs is 8. The highest BCUT2D eigenvalue weighted by atomic mass is 35.5. The second-order valence-electron chi connectivity index (χ2n) is 12.6. The van der Waals surface area contributed by atoms with Gasteiger partial charge >= 0.3 is 0 Å². The summed E-state index contributed by atoms with van der Waals surface area (Å²) < 4.78 is 14.0. The van der Waals surface area contributed by atoms with E-state index in [-0.39, 0.29) is 0 Å². The Balaban J connectivity index is 1.46. The van der Waals surface area contributed by atoms with Crippen molar-refractivity contribution in [3.63, 3.8) is 0 Å². The van der Waals surface area contributed by atoms with Crippen molar-refractivity contribution in [2.24, 2.45) is 0 Å². The van der Waals surface area contributed by atoms with Crippen molar-refractivity contribution in [2.75, 3.05) is 43.0 Å². The van der Waals surface area contributed by atoms with Crippen LogP contribution < -0.4 is 19.9 Å². The molecule has 0 saturated carbocycles. The van der Waals surface area contributed by atoms with E-state index in [9.17, 15) is 0 Å². The third kappa shape index (κ3) is 4.26. The first-order chi connectivity index (χ1) is 21.2. The quantitative estimate of drug-likeness (QED) is 0.294. The summed E-state index contributed by atoms with van der Waals surface area (Å²) in [4.78, 5) is 4.95. The van der Waals surface area contributed by atoms with Gasteiger partial charge in [0.05, 0.1) is 5.02 Å². The molecule has 7 rings (SSSR count). The van der Waals surface area contributed by atoms with E-state index in [2.05, 4.69) is 66.4 Å². The molecule has 4 aliphatic heterocycles. The summed E-state index contributed by atoms with van der Waals surface area (Å²) in [6.07, 6.45) is 6.23. The van der Waals surface area contributed by atoms with Crippen LogP contribution >= 0.6 is 23.2 Å². The number of anilines is 2. The van der Waals surface area contributed by atoms with Crippen molar-refractivity contribution in [3.05, 3.63) is 97.7 Å². The molecule has 1 spiro atoms. The van der Waals surface area contributed by atoms with Gasteiger partial charge < -0.3 is 24.6 Å². The number of rotatable bonds is 6. The fourth-order valence-electron chi connectivity index (χ4n) is 7.87. The topological polar surface area (TPSA) is 37.0 Å². The number of nitrogens with one attached hydrogen (secondary N) is 1. The summed E-state index contributed by atoms with van der Waals surface area (Å²) in [6, 6.07) is 9.12. The monoisotopic (exact) mass is 629 g/mol. The number of ether oxygens (including phenoxy) is 2. The van der Waals surface area contributed by atoms with Gasteiger partial charge in [0.15, 0.2) is 5.60 Å². The van der Waals surface area contributed by atoms with Crippen LogP contribution in [0.3, 0.4) is 0 Å². The smallest absolute Gasteiger partial charge is 0.192 e. The molecule has 230 valence electrons. The van der Waals surface area contributed by atoms with Crippen LogP contribution in [0.4, 0.5) is 11.4 Å². The Morgan fingerprint density at radius 2 is 1.55 bits per heavy atom. The summed E-state index contributed by atoms with van der Waals surface area (Å²) in [7, 11) is 1.94. The van der Waals surface area contributed by atoms with Crippen molar-refractivity contribution < 1.29 is 9.47 Å². The first kappa shape index (κ1) is 29.4. The Bertz CT molecular complexity index is 1730. The Morgan fingerprint density at radius 3 is 2.16 bits per heavy atom. The molecule has 0 bridgehead atoms. The van der Waals surface area contributed by atoms with Gasteiger partial charge in [0.25, 0.3) is 0 Å². The zero-order valence-corrected chi connectivity index (χ0v) is 27.8. The molecule has 3 aromatic rings. The highest BCUT2D eigenvalue weighted by Gasteiger charge is 2.54. The summed E-state index contributed by atoms with van der Waals surface area (Å²) >= 11 is 14.1. The summed E-state index contributed by atoms with van der Waals surface area (Å²) in [5.74, 6) is 2.20. The van der Waals surface area contributed by atoms with Crippen molar-refractivity contribution >= 4 is 40.3 Å². The maximum absolute atomic E-state index is 7.09. The standard InChI is InChI=1S/C37H41Cl2N3O2/c1-7-41-14-9-12-25-17-27-31(19-29(25)41)43-32-20-30-26(13-10-16-42(30)15-8-11-21(2)40-6)18-28(32)37(27)34-22(3)35(38)23(4)36(39)33(34)24(5)44-37/h17-20,40H,2,5,7-16H2,1,3-4,6H3. The van der Waals surface area contributed by atoms with Gasteiger partial charge in [-0.2, -0.15) is 0 Å². The third-order valence-electron chi connectivity index (χ3n) is 10.2. The predicted molar refractivity (Wildman–Crippen MR) is 183 cm³/mol. The van der Waals surface area contributed by atoms with Gasteiger partial charge in [0.1, 0.15) is 17.3 Å². The van der Waals surface area contributed by atoms with E-state index in [1.54, 1.807) is 0 Å². The second-order valence-corrected chi connectivity index (χ2v) is 13.4. The minimum atomic E-state index is -0.967. The largest absolute Gasteiger partial charge is 0.473 e. The van der Waals surface area contributed by atoms with E-state index in [4.69, 9.17) is 32.7 Å². The zero-order valence-electron chi connectivity index (χ0n) is 26.3. The molecule has 0 aromatic heterocycles. The summed E-state index contributed by atoms with van der Waals surface area (Å²) in [6.45, 7) is 18.8. The SMILES string of the molecule is C=C(CCCN1CCCc2cc3c(cc21)Oc1cc2c(cc1C31OC(=C)c3c(Cl)c(C)c(Cl)c(C)c31)CCCN2CC)NC. The normalized spacial score (nSPS) is 19.5. The number of hydrogen-bond acceptors (Lipinski definition) is 5. The van der Waals surface area contributed by atoms with Crippen LogP contribution in [0.25, 0.3) is 5.76 Å². The van der Waals surface area contributed by atoms with E-state index >= 15 is 0 Å². The van der Waals surface area contributed by atoms with Gasteiger partial charge in [0, 0.05) is 89.7 Å². The van der Waals surface area contributed by atoms with E-state index in [1.807, 2.05) is 14.0 Å². The molecular formula is C37H41Cl2N3O2. The fourth-order valence-corrected chi connectivity index (χ4v) is 8.40. The molecule has 0 aliphatic carbocycles. The molecule has 1 unspecified atom stereocenters. The number of halogens is 2. The lowest BCUT2D eigenvalue weighted by Crippen LogP contribution is -2.36.